The number of anilines is 1. The molecule has 1 aliphatic rings. The summed E-state index contributed by atoms with van der Waals surface area (Å²) in [5.41, 5.74) is 1.47. The zero-order valence-electron chi connectivity index (χ0n) is 14.1. The number of ether oxygens (including phenoxy) is 2. The summed E-state index contributed by atoms with van der Waals surface area (Å²) in [6.45, 7) is 4.89. The van der Waals surface area contributed by atoms with Crippen LogP contribution in [0.1, 0.15) is 25.0 Å². The van der Waals surface area contributed by atoms with Crippen LogP contribution in [0.3, 0.4) is 0 Å². The van der Waals surface area contributed by atoms with E-state index in [0.717, 1.165) is 5.56 Å². The molecule has 0 aromatic heterocycles. The summed E-state index contributed by atoms with van der Waals surface area (Å²) in [5.74, 6) is 1.40. The Labute approximate surface area is 146 Å². The van der Waals surface area contributed by atoms with Crippen molar-refractivity contribution in [1.82, 2.24) is 5.32 Å². The molecule has 0 spiro atoms. The molecule has 0 unspecified atom stereocenters. The average molecular weight is 337 g/mol. The minimum absolute atomic E-state index is 0.329. The molecule has 0 saturated heterocycles. The Hall–Kier alpha value is -3.20. The first kappa shape index (κ1) is 16.7. The Morgan fingerprint density at radius 2 is 1.76 bits per heavy atom. The number of nitrogens with one attached hydrogen (secondary N) is 2. The average Bonchev–Trinajstić information content (AvgIpc) is 2.61. The van der Waals surface area contributed by atoms with Gasteiger partial charge in [-0.25, -0.2) is 4.79 Å². The first-order valence-corrected chi connectivity index (χ1v) is 7.97. The quantitative estimate of drug-likeness (QED) is 0.899. The van der Waals surface area contributed by atoms with E-state index in [0.29, 0.717) is 36.0 Å². The second kappa shape index (κ2) is 6.73. The van der Waals surface area contributed by atoms with Gasteiger partial charge in [-0.05, 0) is 55.8 Å². The summed E-state index contributed by atoms with van der Waals surface area (Å²) < 4.78 is 11.1. The van der Waals surface area contributed by atoms with Gasteiger partial charge in [0.2, 0.25) is 0 Å². The number of carbonyl (C=O) groups excluding carboxylic acids is 1. The summed E-state index contributed by atoms with van der Waals surface area (Å²) in [7, 11) is 0. The SMILES string of the molecule is CC(C)(NC(=O)Nc1ccc(C#N)cc1)c1ccc2c(c1)OCCO2. The van der Waals surface area contributed by atoms with Gasteiger partial charge >= 0.3 is 6.03 Å². The molecule has 2 aromatic rings. The highest BCUT2D eigenvalue weighted by Crippen LogP contribution is 2.34. The zero-order chi connectivity index (χ0) is 17.9. The molecule has 2 amide bonds. The number of hydrogen-bond acceptors (Lipinski definition) is 4. The second-order valence-corrected chi connectivity index (χ2v) is 6.25. The van der Waals surface area contributed by atoms with Crippen molar-refractivity contribution < 1.29 is 14.3 Å². The topological polar surface area (TPSA) is 83.4 Å². The van der Waals surface area contributed by atoms with Crippen LogP contribution in [0, 0.1) is 11.3 Å². The molecule has 0 bridgehead atoms. The molecule has 1 aliphatic heterocycles. The number of carbonyl (C=O) groups is 1. The van der Waals surface area contributed by atoms with E-state index in [2.05, 4.69) is 10.6 Å². The standard InChI is InChI=1S/C19H19N3O3/c1-19(2,14-5-8-16-17(11-14)25-10-9-24-16)22-18(23)21-15-6-3-13(12-20)4-7-15/h3-8,11H,9-10H2,1-2H3,(H2,21,22,23). The van der Waals surface area contributed by atoms with Crippen molar-refractivity contribution >= 4 is 11.7 Å². The smallest absolute Gasteiger partial charge is 0.319 e. The van der Waals surface area contributed by atoms with E-state index in [1.807, 2.05) is 38.1 Å². The molecule has 1 heterocycles. The van der Waals surface area contributed by atoms with Crippen LogP contribution in [0.5, 0.6) is 11.5 Å². The molecule has 0 atom stereocenters. The van der Waals surface area contributed by atoms with E-state index in [9.17, 15) is 4.79 Å². The number of fused-ring (bicyclic) bond motifs is 1. The van der Waals surface area contributed by atoms with Crippen LogP contribution < -0.4 is 20.1 Å². The number of nitrogens with zero attached hydrogens (tertiary/aromatic N) is 1. The minimum atomic E-state index is -0.605. The van der Waals surface area contributed by atoms with Crippen molar-refractivity contribution in [2.45, 2.75) is 19.4 Å². The predicted octanol–water partition coefficient (Wildman–Crippen LogP) is 3.39. The number of nitriles is 1. The molecule has 0 saturated carbocycles. The highest BCUT2D eigenvalue weighted by atomic mass is 16.6. The van der Waals surface area contributed by atoms with Crippen LogP contribution in [0.25, 0.3) is 0 Å². The lowest BCUT2D eigenvalue weighted by Gasteiger charge is -2.28. The van der Waals surface area contributed by atoms with Gasteiger partial charge in [0.15, 0.2) is 11.5 Å². The highest BCUT2D eigenvalue weighted by Gasteiger charge is 2.25. The Bertz CT molecular complexity index is 823. The molecular weight excluding hydrogens is 318 g/mol. The normalized spacial score (nSPS) is 12.8. The van der Waals surface area contributed by atoms with E-state index in [4.69, 9.17) is 14.7 Å². The molecule has 6 heteroatoms. The predicted molar refractivity (Wildman–Crippen MR) is 93.8 cm³/mol. The maximum absolute atomic E-state index is 12.3. The van der Waals surface area contributed by atoms with E-state index in [1.165, 1.54) is 0 Å². The molecule has 0 fully saturated rings. The maximum atomic E-state index is 12.3. The van der Waals surface area contributed by atoms with E-state index in [1.54, 1.807) is 24.3 Å². The molecule has 6 nitrogen and oxygen atoms in total. The lowest BCUT2D eigenvalue weighted by molar-refractivity contribution is 0.171. The molecule has 3 rings (SSSR count). The third-order valence-electron chi connectivity index (χ3n) is 3.96. The van der Waals surface area contributed by atoms with Crippen LogP contribution >= 0.6 is 0 Å². The lowest BCUT2D eigenvalue weighted by Crippen LogP contribution is -2.43. The third kappa shape index (κ3) is 3.83. The van der Waals surface area contributed by atoms with E-state index < -0.39 is 5.54 Å². The summed E-state index contributed by atoms with van der Waals surface area (Å²) in [4.78, 5) is 12.3. The fourth-order valence-electron chi connectivity index (χ4n) is 2.58. The van der Waals surface area contributed by atoms with Gasteiger partial charge in [-0.3, -0.25) is 0 Å². The Morgan fingerprint density at radius 3 is 2.44 bits per heavy atom. The van der Waals surface area contributed by atoms with Crippen molar-refractivity contribution in [1.29, 1.82) is 5.26 Å². The first-order chi connectivity index (χ1) is 12.0. The highest BCUT2D eigenvalue weighted by molar-refractivity contribution is 5.89. The second-order valence-electron chi connectivity index (χ2n) is 6.25. The van der Waals surface area contributed by atoms with Crippen molar-refractivity contribution in [3.63, 3.8) is 0 Å². The van der Waals surface area contributed by atoms with Crippen molar-refractivity contribution in [3.8, 4) is 17.6 Å². The number of benzene rings is 2. The number of rotatable bonds is 3. The third-order valence-corrected chi connectivity index (χ3v) is 3.96. The Balaban J connectivity index is 1.69. The molecule has 2 aromatic carbocycles. The molecule has 25 heavy (non-hydrogen) atoms. The van der Waals surface area contributed by atoms with Gasteiger partial charge in [-0.2, -0.15) is 5.26 Å². The first-order valence-electron chi connectivity index (χ1n) is 7.97. The van der Waals surface area contributed by atoms with Crippen LogP contribution in [0.2, 0.25) is 0 Å². The van der Waals surface area contributed by atoms with Gasteiger partial charge in [0.25, 0.3) is 0 Å². The zero-order valence-corrected chi connectivity index (χ0v) is 14.1. The number of urea groups is 1. The summed E-state index contributed by atoms with van der Waals surface area (Å²) >= 11 is 0. The fourth-order valence-corrected chi connectivity index (χ4v) is 2.58. The lowest BCUT2D eigenvalue weighted by atomic mass is 9.94. The summed E-state index contributed by atoms with van der Waals surface area (Å²) in [6, 6.07) is 14.1. The molecule has 0 radical (unpaired) electrons. The van der Waals surface area contributed by atoms with E-state index >= 15 is 0 Å². The van der Waals surface area contributed by atoms with Gasteiger partial charge < -0.3 is 20.1 Å². The van der Waals surface area contributed by atoms with Crippen molar-refractivity contribution in [2.24, 2.45) is 0 Å². The fraction of sp³-hybridized carbons (Fsp3) is 0.263. The largest absolute Gasteiger partial charge is 0.486 e. The van der Waals surface area contributed by atoms with Gasteiger partial charge in [0.05, 0.1) is 17.2 Å². The van der Waals surface area contributed by atoms with E-state index in [-0.39, 0.29) is 6.03 Å². The van der Waals surface area contributed by atoms with Gasteiger partial charge in [0, 0.05) is 5.69 Å². The van der Waals surface area contributed by atoms with Crippen LogP contribution in [-0.4, -0.2) is 19.2 Å². The Kier molecular flexibility index (Phi) is 4.48. The maximum Gasteiger partial charge on any atom is 0.319 e. The molecule has 0 aliphatic carbocycles. The number of hydrogen-bond donors (Lipinski definition) is 2. The van der Waals surface area contributed by atoms with Gasteiger partial charge in [-0.1, -0.05) is 6.07 Å². The number of amides is 2. The molecular formula is C19H19N3O3. The van der Waals surface area contributed by atoms with Crippen molar-refractivity contribution in [3.05, 3.63) is 53.6 Å². The van der Waals surface area contributed by atoms with Crippen LogP contribution in [0.15, 0.2) is 42.5 Å². The van der Waals surface area contributed by atoms with Crippen LogP contribution in [0.4, 0.5) is 10.5 Å². The summed E-state index contributed by atoms with van der Waals surface area (Å²) in [6.07, 6.45) is 0. The van der Waals surface area contributed by atoms with Gasteiger partial charge in [-0.15, -0.1) is 0 Å². The Morgan fingerprint density at radius 1 is 1.08 bits per heavy atom. The van der Waals surface area contributed by atoms with Crippen molar-refractivity contribution in [2.75, 3.05) is 18.5 Å². The monoisotopic (exact) mass is 337 g/mol. The minimum Gasteiger partial charge on any atom is -0.486 e. The van der Waals surface area contributed by atoms with Crippen LogP contribution in [-0.2, 0) is 5.54 Å². The van der Waals surface area contributed by atoms with Gasteiger partial charge in [0.1, 0.15) is 13.2 Å². The molecule has 2 N–H and O–H groups in total. The summed E-state index contributed by atoms with van der Waals surface area (Å²) in [5, 5.41) is 14.5. The molecule has 128 valence electrons.